The molecule has 0 saturated heterocycles. The Hall–Kier alpha value is -1.57. The molecule has 0 fully saturated rings. The highest BCUT2D eigenvalue weighted by molar-refractivity contribution is 6.61. The van der Waals surface area contributed by atoms with Crippen LogP contribution in [0.1, 0.15) is 18.4 Å². The second-order valence-electron chi connectivity index (χ2n) is 4.49. The van der Waals surface area contributed by atoms with Gasteiger partial charge in [-0.1, -0.05) is 25.1 Å². The second kappa shape index (κ2) is 5.60. The number of carbonyl (C=O) groups is 1. The molecule has 1 aromatic rings. The molecule has 7 heteroatoms. The Bertz CT molecular complexity index is 481. The van der Waals surface area contributed by atoms with E-state index in [0.29, 0.717) is 23.4 Å². The molecule has 0 radical (unpaired) electrons. The van der Waals surface area contributed by atoms with Gasteiger partial charge in [-0.3, -0.25) is 4.79 Å². The van der Waals surface area contributed by atoms with Crippen LogP contribution in [0.2, 0.25) is 0 Å². The highest BCUT2D eigenvalue weighted by Crippen LogP contribution is 2.28. The zero-order valence-corrected chi connectivity index (χ0v) is 10.6. The Morgan fingerprint density at radius 1 is 1.47 bits per heavy atom. The summed E-state index contributed by atoms with van der Waals surface area (Å²) in [5.74, 6) is -1.04. The van der Waals surface area contributed by atoms with Gasteiger partial charge in [-0.05, 0) is 5.56 Å². The van der Waals surface area contributed by atoms with E-state index >= 15 is 0 Å². The number of para-hydroxylation sites is 1. The van der Waals surface area contributed by atoms with Crippen LogP contribution in [0.5, 0.6) is 5.75 Å². The zero-order chi connectivity index (χ0) is 14.0. The van der Waals surface area contributed by atoms with Crippen LogP contribution in [0.4, 0.5) is 0 Å². The van der Waals surface area contributed by atoms with Crippen LogP contribution in [0, 0.1) is 0 Å². The third-order valence-corrected chi connectivity index (χ3v) is 3.26. The van der Waals surface area contributed by atoms with Gasteiger partial charge in [-0.2, -0.15) is 0 Å². The molecule has 4 N–H and O–H groups in total. The van der Waals surface area contributed by atoms with Crippen molar-refractivity contribution in [1.82, 2.24) is 0 Å². The number of carboxylic acids is 1. The van der Waals surface area contributed by atoms with Crippen LogP contribution >= 0.6 is 0 Å². The Morgan fingerprint density at radius 2 is 2.21 bits per heavy atom. The highest BCUT2D eigenvalue weighted by Gasteiger charge is 2.30. The zero-order valence-electron chi connectivity index (χ0n) is 10.6. The van der Waals surface area contributed by atoms with Crippen molar-refractivity contribution in [2.24, 2.45) is 5.73 Å². The number of hydrogen-bond acceptors (Lipinski definition) is 5. The summed E-state index contributed by atoms with van der Waals surface area (Å²) >= 11 is 0. The molecule has 0 amide bonds. The fourth-order valence-electron chi connectivity index (χ4n) is 2.09. The summed E-state index contributed by atoms with van der Waals surface area (Å²) in [6, 6.07) is 4.13. The van der Waals surface area contributed by atoms with Gasteiger partial charge in [0, 0.05) is 11.4 Å². The van der Waals surface area contributed by atoms with E-state index in [9.17, 15) is 9.82 Å². The number of aliphatic carboxylic acids is 1. The lowest BCUT2D eigenvalue weighted by Crippen LogP contribution is -2.37. The van der Waals surface area contributed by atoms with Gasteiger partial charge >= 0.3 is 13.1 Å². The van der Waals surface area contributed by atoms with E-state index in [0.717, 1.165) is 0 Å². The van der Waals surface area contributed by atoms with Gasteiger partial charge in [-0.15, -0.1) is 0 Å². The van der Waals surface area contributed by atoms with Gasteiger partial charge in [0.1, 0.15) is 18.4 Å². The third-order valence-electron chi connectivity index (χ3n) is 3.26. The molecule has 6 nitrogen and oxygen atoms in total. The van der Waals surface area contributed by atoms with Crippen LogP contribution in [0.3, 0.4) is 0 Å². The predicted molar refractivity (Wildman–Crippen MR) is 69.5 cm³/mol. The number of carboxylic acid groups (broad SMARTS) is 1. The predicted octanol–water partition coefficient (Wildman–Crippen LogP) is -0.701. The van der Waals surface area contributed by atoms with E-state index in [1.54, 1.807) is 25.1 Å². The first-order valence-corrected chi connectivity index (χ1v) is 6.06. The Balaban J connectivity index is 2.42. The lowest BCUT2D eigenvalue weighted by Gasteiger charge is -2.21. The highest BCUT2D eigenvalue weighted by atomic mass is 16.6. The van der Waals surface area contributed by atoms with E-state index in [-0.39, 0.29) is 6.61 Å². The SMILES string of the molecule is C[C@@H](c1cccc2c1OCCOB2O)[C@H](N)C(=O)O. The van der Waals surface area contributed by atoms with Crippen LogP contribution < -0.4 is 15.9 Å². The van der Waals surface area contributed by atoms with Gasteiger partial charge in [0.25, 0.3) is 0 Å². The summed E-state index contributed by atoms with van der Waals surface area (Å²) in [5, 5.41) is 18.8. The van der Waals surface area contributed by atoms with Crippen molar-refractivity contribution in [3.8, 4) is 5.75 Å². The number of benzene rings is 1. The maximum Gasteiger partial charge on any atom is 0.495 e. The lowest BCUT2D eigenvalue weighted by atomic mass is 9.76. The Morgan fingerprint density at radius 3 is 2.89 bits per heavy atom. The van der Waals surface area contributed by atoms with Crippen molar-refractivity contribution < 1.29 is 24.3 Å². The van der Waals surface area contributed by atoms with Gasteiger partial charge in [0.15, 0.2) is 0 Å². The van der Waals surface area contributed by atoms with Gasteiger partial charge < -0.3 is 25.3 Å². The second-order valence-corrected chi connectivity index (χ2v) is 4.49. The van der Waals surface area contributed by atoms with E-state index in [1.807, 2.05) is 0 Å². The summed E-state index contributed by atoms with van der Waals surface area (Å²) in [6.07, 6.45) is 0. The molecule has 1 aromatic carbocycles. The molecular weight excluding hydrogens is 249 g/mol. The first-order valence-electron chi connectivity index (χ1n) is 6.06. The van der Waals surface area contributed by atoms with Crippen molar-refractivity contribution in [2.45, 2.75) is 18.9 Å². The summed E-state index contributed by atoms with van der Waals surface area (Å²) in [5.41, 5.74) is 6.81. The molecule has 1 heterocycles. The average molecular weight is 265 g/mol. The average Bonchev–Trinajstić information content (AvgIpc) is 2.59. The molecule has 0 unspecified atom stereocenters. The minimum atomic E-state index is -1.07. The molecule has 102 valence electrons. The number of fused-ring (bicyclic) bond motifs is 1. The fourth-order valence-corrected chi connectivity index (χ4v) is 2.09. The number of hydrogen-bond donors (Lipinski definition) is 3. The van der Waals surface area contributed by atoms with Crippen molar-refractivity contribution in [3.63, 3.8) is 0 Å². The first-order chi connectivity index (χ1) is 9.02. The standard InChI is InChI=1S/C12H16BNO5/c1-7(10(14)12(15)16)8-3-2-4-9-11(8)18-5-6-19-13(9)17/h2-4,7,10,17H,5-6,14H2,1H3,(H,15,16)/t7-,10-/m0/s1. The van der Waals surface area contributed by atoms with Gasteiger partial charge in [0.2, 0.25) is 0 Å². The number of ether oxygens (including phenoxy) is 1. The van der Waals surface area contributed by atoms with Crippen LogP contribution in [0.15, 0.2) is 18.2 Å². The van der Waals surface area contributed by atoms with E-state index < -0.39 is 25.0 Å². The lowest BCUT2D eigenvalue weighted by molar-refractivity contribution is -0.139. The van der Waals surface area contributed by atoms with Crippen molar-refractivity contribution in [2.75, 3.05) is 13.2 Å². The number of rotatable bonds is 3. The maximum atomic E-state index is 11.0. The first kappa shape index (κ1) is 13.9. The minimum Gasteiger partial charge on any atom is -0.491 e. The molecule has 1 aliphatic heterocycles. The summed E-state index contributed by atoms with van der Waals surface area (Å²) in [6.45, 7) is 2.29. The molecule has 0 aliphatic carbocycles. The molecule has 0 saturated carbocycles. The molecule has 0 aromatic heterocycles. The monoisotopic (exact) mass is 265 g/mol. The molecule has 2 atom stereocenters. The fraction of sp³-hybridized carbons (Fsp3) is 0.417. The van der Waals surface area contributed by atoms with E-state index in [1.165, 1.54) is 0 Å². The van der Waals surface area contributed by atoms with E-state index in [4.69, 9.17) is 20.2 Å². The van der Waals surface area contributed by atoms with Crippen LogP contribution in [-0.4, -0.2) is 42.5 Å². The summed E-state index contributed by atoms with van der Waals surface area (Å²) < 4.78 is 10.7. The Labute approximate surface area is 111 Å². The Kier molecular flexibility index (Phi) is 4.09. The van der Waals surface area contributed by atoms with Crippen molar-refractivity contribution >= 4 is 18.6 Å². The normalized spacial score (nSPS) is 17.9. The van der Waals surface area contributed by atoms with Crippen molar-refractivity contribution in [1.29, 1.82) is 0 Å². The number of nitrogens with two attached hydrogens (primary N) is 1. The molecular formula is C12H16BNO5. The van der Waals surface area contributed by atoms with E-state index in [2.05, 4.69) is 0 Å². The maximum absolute atomic E-state index is 11.0. The molecule has 0 spiro atoms. The van der Waals surface area contributed by atoms with Gasteiger partial charge in [0.05, 0.1) is 6.61 Å². The van der Waals surface area contributed by atoms with Crippen molar-refractivity contribution in [3.05, 3.63) is 23.8 Å². The summed E-state index contributed by atoms with van der Waals surface area (Å²) in [4.78, 5) is 11.0. The summed E-state index contributed by atoms with van der Waals surface area (Å²) in [7, 11) is -1.06. The molecule has 0 bridgehead atoms. The third kappa shape index (κ3) is 2.73. The largest absolute Gasteiger partial charge is 0.495 e. The van der Waals surface area contributed by atoms with Gasteiger partial charge in [-0.25, -0.2) is 0 Å². The smallest absolute Gasteiger partial charge is 0.491 e. The molecule has 2 rings (SSSR count). The minimum absolute atomic E-state index is 0.272. The van der Waals surface area contributed by atoms with Crippen LogP contribution in [0.25, 0.3) is 0 Å². The molecule has 1 aliphatic rings. The topological polar surface area (TPSA) is 102 Å². The van der Waals surface area contributed by atoms with Crippen LogP contribution in [-0.2, 0) is 9.45 Å². The quantitative estimate of drug-likeness (QED) is 0.624. The molecule has 19 heavy (non-hydrogen) atoms.